The third kappa shape index (κ3) is 6.48. The topological polar surface area (TPSA) is 104 Å². The number of amidine groups is 1. The average Bonchev–Trinajstić information content (AvgIpc) is 3.55. The standard InChI is InChI=1S/C25H22F7N5O3S/c1-13(9-36-23(33-2)25(30,31)32)20-8-14(19(11-34-20)24(27,28)29)10-35-22(38)21-18-7-15(18)12-37(21)41(39,40)17-5-3-16(26)4-6-17/h3-6,8-9,11,15,18,21H,2,7,10,12H2,1H3,(H,35,38)/b13-9+,36-23?/t15-,18?,21-/m0/s1. The third-order valence-corrected chi connectivity index (χ3v) is 8.59. The minimum absolute atomic E-state index is 0.0274. The maximum absolute atomic E-state index is 13.7. The summed E-state index contributed by atoms with van der Waals surface area (Å²) in [6.45, 7) is 3.40. The van der Waals surface area contributed by atoms with Gasteiger partial charge in [-0.3, -0.25) is 9.78 Å². The molecule has 4 rings (SSSR count). The number of benzene rings is 1. The van der Waals surface area contributed by atoms with Crippen LogP contribution in [0.5, 0.6) is 0 Å². The molecule has 1 amide bonds. The number of aromatic nitrogens is 1. The number of allylic oxidation sites excluding steroid dienone is 1. The van der Waals surface area contributed by atoms with Crippen LogP contribution in [-0.4, -0.2) is 54.9 Å². The Morgan fingerprint density at radius 3 is 2.44 bits per heavy atom. The lowest BCUT2D eigenvalue weighted by molar-refractivity contribution is -0.138. The van der Waals surface area contributed by atoms with Gasteiger partial charge in [0, 0.05) is 25.5 Å². The first kappa shape index (κ1) is 30.3. The van der Waals surface area contributed by atoms with Crippen LogP contribution in [0.4, 0.5) is 30.7 Å². The number of rotatable bonds is 7. The Morgan fingerprint density at radius 1 is 1.20 bits per heavy atom. The van der Waals surface area contributed by atoms with E-state index in [1.165, 1.54) is 6.92 Å². The van der Waals surface area contributed by atoms with E-state index in [-0.39, 0.29) is 34.5 Å². The summed E-state index contributed by atoms with van der Waals surface area (Å²) < 4.78 is 120. The summed E-state index contributed by atoms with van der Waals surface area (Å²) in [7, 11) is -4.21. The number of nitrogens with one attached hydrogen (secondary N) is 1. The van der Waals surface area contributed by atoms with Crippen molar-refractivity contribution in [2.45, 2.75) is 43.2 Å². The lowest BCUT2D eigenvalue weighted by atomic mass is 10.1. The molecular formula is C25H22F7N5O3S. The molecule has 0 bridgehead atoms. The Morgan fingerprint density at radius 2 is 1.85 bits per heavy atom. The first-order valence-electron chi connectivity index (χ1n) is 11.9. The van der Waals surface area contributed by atoms with E-state index < -0.39 is 63.6 Å². The minimum atomic E-state index is -4.90. The van der Waals surface area contributed by atoms with Crippen LogP contribution in [0.1, 0.15) is 30.2 Å². The highest BCUT2D eigenvalue weighted by Gasteiger charge is 2.59. The van der Waals surface area contributed by atoms with Crippen molar-refractivity contribution in [3.63, 3.8) is 0 Å². The number of fused-ring (bicyclic) bond motifs is 1. The molecule has 16 heteroatoms. The number of nitrogens with zero attached hydrogens (tertiary/aromatic N) is 4. The van der Waals surface area contributed by atoms with Gasteiger partial charge < -0.3 is 5.32 Å². The van der Waals surface area contributed by atoms with Crippen LogP contribution in [0.3, 0.4) is 0 Å². The zero-order valence-corrected chi connectivity index (χ0v) is 22.0. The van der Waals surface area contributed by atoms with Gasteiger partial charge in [0.05, 0.1) is 16.2 Å². The first-order chi connectivity index (χ1) is 19.0. The van der Waals surface area contributed by atoms with E-state index in [4.69, 9.17) is 0 Å². The van der Waals surface area contributed by atoms with Gasteiger partial charge in [0.15, 0.2) is 0 Å². The van der Waals surface area contributed by atoms with Crippen molar-refractivity contribution in [3.8, 4) is 0 Å². The first-order valence-corrected chi connectivity index (χ1v) is 13.4. The molecule has 1 unspecified atom stereocenters. The van der Waals surface area contributed by atoms with Crippen molar-refractivity contribution in [2.75, 3.05) is 6.54 Å². The predicted molar refractivity (Wildman–Crippen MR) is 133 cm³/mol. The normalized spacial score (nSPS) is 21.9. The van der Waals surface area contributed by atoms with Crippen molar-refractivity contribution in [1.82, 2.24) is 14.6 Å². The highest BCUT2D eigenvalue weighted by molar-refractivity contribution is 7.89. The van der Waals surface area contributed by atoms with Gasteiger partial charge >= 0.3 is 12.4 Å². The van der Waals surface area contributed by atoms with E-state index in [2.05, 4.69) is 27.0 Å². The summed E-state index contributed by atoms with van der Waals surface area (Å²) in [5.41, 5.74) is -1.85. The second-order valence-electron chi connectivity index (χ2n) is 9.50. The molecule has 2 aromatic rings. The molecule has 220 valence electrons. The van der Waals surface area contributed by atoms with Crippen molar-refractivity contribution >= 4 is 34.1 Å². The van der Waals surface area contributed by atoms with Crippen LogP contribution in [-0.2, 0) is 27.5 Å². The average molecular weight is 606 g/mol. The summed E-state index contributed by atoms with van der Waals surface area (Å²) in [5.74, 6) is -3.47. The highest BCUT2D eigenvalue weighted by atomic mass is 32.2. The molecule has 1 aromatic heterocycles. The van der Waals surface area contributed by atoms with E-state index in [1.807, 2.05) is 0 Å². The number of halogens is 7. The summed E-state index contributed by atoms with van der Waals surface area (Å²) in [4.78, 5) is 22.5. The van der Waals surface area contributed by atoms with Crippen LogP contribution < -0.4 is 5.32 Å². The number of hydrogen-bond acceptors (Lipinski definition) is 5. The van der Waals surface area contributed by atoms with Gasteiger partial charge in [0.1, 0.15) is 11.9 Å². The fourth-order valence-corrected chi connectivity index (χ4v) is 6.26. The number of pyridine rings is 1. The summed E-state index contributed by atoms with van der Waals surface area (Å²) in [5, 5.41) is 2.37. The smallest absolute Gasteiger partial charge is 0.351 e. The fraction of sp³-hybridized carbons (Fsp3) is 0.360. The molecule has 1 aliphatic carbocycles. The predicted octanol–water partition coefficient (Wildman–Crippen LogP) is 4.59. The number of hydrogen-bond donors (Lipinski definition) is 1. The molecule has 0 spiro atoms. The number of sulfonamides is 1. The Bertz CT molecular complexity index is 1520. The SMILES string of the molecule is C=NC(=N/C=C(\C)c1cc(CNC(=O)[C@@H]2C3C[C@H]3CN2S(=O)(=O)c2ccc(F)cc2)c(C(F)(F)F)cn1)C(F)(F)F. The molecule has 41 heavy (non-hydrogen) atoms. The van der Waals surface area contributed by atoms with E-state index in [9.17, 15) is 43.9 Å². The van der Waals surface area contributed by atoms with E-state index in [0.717, 1.165) is 40.8 Å². The van der Waals surface area contributed by atoms with Gasteiger partial charge in [-0.05, 0) is 73.4 Å². The van der Waals surface area contributed by atoms with E-state index >= 15 is 0 Å². The molecule has 8 nitrogen and oxygen atoms in total. The Kier molecular flexibility index (Phi) is 8.10. The number of carbonyl (C=O) groups is 1. The van der Waals surface area contributed by atoms with Crippen molar-refractivity contribution in [3.05, 3.63) is 65.4 Å². The summed E-state index contributed by atoms with van der Waals surface area (Å²) >= 11 is 0. The molecule has 1 aromatic carbocycles. The van der Waals surface area contributed by atoms with Gasteiger partial charge in [-0.15, -0.1) is 0 Å². The molecule has 3 atom stereocenters. The van der Waals surface area contributed by atoms with Gasteiger partial charge in [-0.2, -0.15) is 30.6 Å². The zero-order chi connectivity index (χ0) is 30.3. The lowest BCUT2D eigenvalue weighted by Gasteiger charge is -2.26. The van der Waals surface area contributed by atoms with Crippen LogP contribution >= 0.6 is 0 Å². The van der Waals surface area contributed by atoms with Crippen molar-refractivity contribution < 1.29 is 43.9 Å². The van der Waals surface area contributed by atoms with Gasteiger partial charge in [0.2, 0.25) is 21.8 Å². The van der Waals surface area contributed by atoms with Crippen molar-refractivity contribution in [1.29, 1.82) is 0 Å². The molecular weight excluding hydrogens is 583 g/mol. The molecule has 2 aliphatic rings. The number of aliphatic imine (C=N–C) groups is 2. The van der Waals surface area contributed by atoms with Gasteiger partial charge in [-0.25, -0.2) is 22.8 Å². The largest absolute Gasteiger partial charge is 0.451 e. The molecule has 2 heterocycles. The van der Waals surface area contributed by atoms with Crippen LogP contribution in [0.15, 0.2) is 57.6 Å². The summed E-state index contributed by atoms with van der Waals surface area (Å²) in [6.07, 6.45) is -8.03. The lowest BCUT2D eigenvalue weighted by Crippen LogP contribution is -2.48. The van der Waals surface area contributed by atoms with Crippen LogP contribution in [0.2, 0.25) is 0 Å². The number of alkyl halides is 6. The van der Waals surface area contributed by atoms with E-state index in [1.54, 1.807) is 0 Å². The number of piperidine rings is 1. The third-order valence-electron chi connectivity index (χ3n) is 6.73. The van der Waals surface area contributed by atoms with Gasteiger partial charge in [0.25, 0.3) is 0 Å². The van der Waals surface area contributed by atoms with Gasteiger partial charge in [-0.1, -0.05) is 0 Å². The molecule has 1 aliphatic heterocycles. The Labute approximate surface area is 229 Å². The second-order valence-corrected chi connectivity index (χ2v) is 11.4. The maximum atomic E-state index is 13.7. The number of amides is 1. The molecule has 1 saturated heterocycles. The molecule has 0 radical (unpaired) electrons. The summed E-state index contributed by atoms with van der Waals surface area (Å²) in [6, 6.07) is 3.78. The van der Waals surface area contributed by atoms with E-state index in [0.29, 0.717) is 12.6 Å². The fourth-order valence-electron chi connectivity index (χ4n) is 4.57. The number of carbonyl (C=O) groups excluding carboxylic acids is 1. The monoisotopic (exact) mass is 605 g/mol. The molecule has 1 N–H and O–H groups in total. The van der Waals surface area contributed by atoms with Crippen LogP contribution in [0, 0.1) is 17.7 Å². The Balaban J connectivity index is 1.58. The maximum Gasteiger partial charge on any atom is 0.451 e. The van der Waals surface area contributed by atoms with Crippen molar-refractivity contribution in [2.24, 2.45) is 21.8 Å². The second kappa shape index (κ2) is 11.0. The zero-order valence-electron chi connectivity index (χ0n) is 21.2. The highest BCUT2D eigenvalue weighted by Crippen LogP contribution is 2.51. The Hall–Kier alpha value is -3.66. The quantitative estimate of drug-likeness (QED) is 0.283. The van der Waals surface area contributed by atoms with Crippen LogP contribution in [0.25, 0.3) is 5.57 Å². The molecule has 2 fully saturated rings. The minimum Gasteiger partial charge on any atom is -0.351 e. The molecule has 1 saturated carbocycles.